The number of piperazine rings is 1. The number of H-pyrrole nitrogens is 1. The predicted octanol–water partition coefficient (Wildman–Crippen LogP) is 0.382. The Balaban J connectivity index is 1.48. The monoisotopic (exact) mass is 417 g/mol. The van der Waals surface area contributed by atoms with Crippen LogP contribution in [0.3, 0.4) is 0 Å². The van der Waals surface area contributed by atoms with E-state index in [0.29, 0.717) is 25.2 Å². The summed E-state index contributed by atoms with van der Waals surface area (Å²) in [5.41, 5.74) is 1.45. The first-order chi connectivity index (χ1) is 14.2. The molecule has 8 heteroatoms. The zero-order valence-electron chi connectivity index (χ0n) is 18.6. The van der Waals surface area contributed by atoms with Crippen molar-refractivity contribution in [2.75, 3.05) is 57.4 Å². The Morgan fingerprint density at radius 3 is 2.87 bits per heavy atom. The molecule has 0 saturated carbocycles. The molecule has 0 radical (unpaired) electrons. The van der Waals surface area contributed by atoms with E-state index in [1.807, 2.05) is 4.90 Å². The lowest BCUT2D eigenvalue weighted by Crippen LogP contribution is -2.62. The molecule has 1 amide bonds. The van der Waals surface area contributed by atoms with Gasteiger partial charge in [0, 0.05) is 68.5 Å². The van der Waals surface area contributed by atoms with Gasteiger partial charge in [0.2, 0.25) is 11.5 Å². The standard InChI is InChI=1S/C22H35N5O3/c1-15-10-26(17(8-23-15)11-25-5-6-30-13-16(25)2)12-21(29)27-14-22(3,4)18-7-20(28)24-9-19(18)27/h7,9,15-17,23H,5-6,8,10-14H2,1-4H3,(H,24,28)/t15-,16-,17-/m1/s1. The molecule has 2 N–H and O–H groups in total. The van der Waals surface area contributed by atoms with Crippen molar-refractivity contribution in [1.29, 1.82) is 0 Å². The summed E-state index contributed by atoms with van der Waals surface area (Å²) in [6.07, 6.45) is 1.69. The van der Waals surface area contributed by atoms with Crippen LogP contribution in [0.4, 0.5) is 5.69 Å². The first-order valence-electron chi connectivity index (χ1n) is 11.1. The Labute approximate surface area is 178 Å². The summed E-state index contributed by atoms with van der Waals surface area (Å²) in [6, 6.07) is 2.68. The Morgan fingerprint density at radius 2 is 2.10 bits per heavy atom. The maximum atomic E-state index is 13.4. The SMILES string of the molecule is C[C@@H]1CN(CC(=O)N2CC(C)(C)c3cc(=O)[nH]cc32)[C@@H](CN2CCOC[C@H]2C)CN1. The second kappa shape index (κ2) is 8.42. The van der Waals surface area contributed by atoms with Gasteiger partial charge in [0.05, 0.1) is 25.4 Å². The molecule has 0 unspecified atom stereocenters. The second-order valence-corrected chi connectivity index (χ2v) is 9.77. The molecule has 3 aliphatic rings. The third kappa shape index (κ3) is 4.32. The molecule has 8 nitrogen and oxygen atoms in total. The van der Waals surface area contributed by atoms with Crippen molar-refractivity contribution in [2.24, 2.45) is 0 Å². The summed E-state index contributed by atoms with van der Waals surface area (Å²) in [7, 11) is 0. The number of nitrogens with zero attached hydrogens (tertiary/aromatic N) is 3. The number of pyridine rings is 1. The van der Waals surface area contributed by atoms with E-state index in [4.69, 9.17) is 4.74 Å². The number of fused-ring (bicyclic) bond motifs is 1. The van der Waals surface area contributed by atoms with Crippen molar-refractivity contribution in [3.8, 4) is 0 Å². The fraction of sp³-hybridized carbons (Fsp3) is 0.727. The van der Waals surface area contributed by atoms with E-state index >= 15 is 0 Å². The van der Waals surface area contributed by atoms with Gasteiger partial charge in [0.15, 0.2) is 0 Å². The number of amides is 1. The topological polar surface area (TPSA) is 80.9 Å². The van der Waals surface area contributed by atoms with Gasteiger partial charge >= 0.3 is 0 Å². The minimum Gasteiger partial charge on any atom is -0.379 e. The van der Waals surface area contributed by atoms with Gasteiger partial charge in [-0.2, -0.15) is 0 Å². The number of aromatic nitrogens is 1. The van der Waals surface area contributed by atoms with Gasteiger partial charge in [-0.1, -0.05) is 13.8 Å². The Bertz CT molecular complexity index is 838. The lowest BCUT2D eigenvalue weighted by atomic mass is 9.88. The number of ether oxygens (including phenoxy) is 1. The van der Waals surface area contributed by atoms with Crippen LogP contribution in [0.15, 0.2) is 17.1 Å². The van der Waals surface area contributed by atoms with Crippen molar-refractivity contribution >= 4 is 11.6 Å². The molecular weight excluding hydrogens is 382 g/mol. The van der Waals surface area contributed by atoms with Gasteiger partial charge in [-0.3, -0.25) is 19.4 Å². The molecule has 2 fully saturated rings. The van der Waals surface area contributed by atoms with Gasteiger partial charge in [-0.25, -0.2) is 0 Å². The van der Waals surface area contributed by atoms with Crippen LogP contribution < -0.4 is 15.8 Å². The summed E-state index contributed by atoms with van der Waals surface area (Å²) in [5, 5.41) is 3.58. The van der Waals surface area contributed by atoms with Gasteiger partial charge in [0.1, 0.15) is 0 Å². The van der Waals surface area contributed by atoms with Crippen molar-refractivity contribution in [1.82, 2.24) is 20.1 Å². The molecule has 0 aliphatic carbocycles. The van der Waals surface area contributed by atoms with E-state index in [0.717, 1.165) is 50.6 Å². The molecule has 2 saturated heterocycles. The van der Waals surface area contributed by atoms with Crippen molar-refractivity contribution in [2.45, 2.75) is 51.2 Å². The number of rotatable bonds is 4. The van der Waals surface area contributed by atoms with E-state index in [-0.39, 0.29) is 22.9 Å². The van der Waals surface area contributed by atoms with Gasteiger partial charge in [0.25, 0.3) is 0 Å². The van der Waals surface area contributed by atoms with E-state index in [1.165, 1.54) is 0 Å². The minimum atomic E-state index is -0.224. The zero-order chi connectivity index (χ0) is 21.5. The molecule has 166 valence electrons. The Kier molecular flexibility index (Phi) is 6.03. The third-order valence-corrected chi connectivity index (χ3v) is 6.79. The summed E-state index contributed by atoms with van der Waals surface area (Å²) in [5.74, 6) is 0.1000. The molecule has 3 atom stereocenters. The average molecular weight is 418 g/mol. The number of anilines is 1. The molecule has 0 spiro atoms. The summed E-state index contributed by atoms with van der Waals surface area (Å²) < 4.78 is 5.58. The molecule has 1 aromatic heterocycles. The Hall–Kier alpha value is -1.74. The van der Waals surface area contributed by atoms with E-state index in [1.54, 1.807) is 12.3 Å². The maximum Gasteiger partial charge on any atom is 0.248 e. The number of carbonyl (C=O) groups is 1. The fourth-order valence-corrected chi connectivity index (χ4v) is 4.99. The lowest BCUT2D eigenvalue weighted by Gasteiger charge is -2.43. The highest BCUT2D eigenvalue weighted by atomic mass is 16.5. The molecule has 4 rings (SSSR count). The Morgan fingerprint density at radius 1 is 1.30 bits per heavy atom. The lowest BCUT2D eigenvalue weighted by molar-refractivity contribution is -0.121. The van der Waals surface area contributed by atoms with Crippen LogP contribution in [0.2, 0.25) is 0 Å². The van der Waals surface area contributed by atoms with Crippen LogP contribution >= 0.6 is 0 Å². The van der Waals surface area contributed by atoms with E-state index < -0.39 is 0 Å². The quantitative estimate of drug-likeness (QED) is 0.737. The van der Waals surface area contributed by atoms with Gasteiger partial charge < -0.3 is 19.9 Å². The molecule has 4 heterocycles. The van der Waals surface area contributed by atoms with Crippen LogP contribution in [-0.4, -0.2) is 91.3 Å². The number of hydrogen-bond donors (Lipinski definition) is 2. The van der Waals surface area contributed by atoms with Crippen molar-refractivity contribution in [3.05, 3.63) is 28.2 Å². The third-order valence-electron chi connectivity index (χ3n) is 6.79. The second-order valence-electron chi connectivity index (χ2n) is 9.77. The molecule has 0 aromatic carbocycles. The minimum absolute atomic E-state index is 0.1000. The van der Waals surface area contributed by atoms with Crippen LogP contribution in [-0.2, 0) is 14.9 Å². The zero-order valence-corrected chi connectivity index (χ0v) is 18.6. The number of morpholine rings is 1. The summed E-state index contributed by atoms with van der Waals surface area (Å²) >= 11 is 0. The number of nitrogens with one attached hydrogen (secondary N) is 2. The summed E-state index contributed by atoms with van der Waals surface area (Å²) in [6.45, 7) is 14.7. The molecule has 1 aromatic rings. The number of carbonyl (C=O) groups excluding carboxylic acids is 1. The first-order valence-corrected chi connectivity index (χ1v) is 11.1. The van der Waals surface area contributed by atoms with Crippen molar-refractivity contribution in [3.63, 3.8) is 0 Å². The average Bonchev–Trinajstić information content (AvgIpc) is 2.96. The molecule has 3 aliphatic heterocycles. The van der Waals surface area contributed by atoms with Crippen LogP contribution in [0.1, 0.15) is 33.3 Å². The van der Waals surface area contributed by atoms with Crippen LogP contribution in [0.25, 0.3) is 0 Å². The highest BCUT2D eigenvalue weighted by molar-refractivity contribution is 5.97. The highest BCUT2D eigenvalue weighted by Gasteiger charge is 2.40. The van der Waals surface area contributed by atoms with Gasteiger partial charge in [-0.15, -0.1) is 0 Å². The van der Waals surface area contributed by atoms with E-state index in [9.17, 15) is 9.59 Å². The van der Waals surface area contributed by atoms with Crippen LogP contribution in [0, 0.1) is 0 Å². The fourth-order valence-electron chi connectivity index (χ4n) is 4.99. The van der Waals surface area contributed by atoms with Crippen molar-refractivity contribution < 1.29 is 9.53 Å². The smallest absolute Gasteiger partial charge is 0.248 e. The highest BCUT2D eigenvalue weighted by Crippen LogP contribution is 2.39. The number of hydrogen-bond acceptors (Lipinski definition) is 6. The molecule has 0 bridgehead atoms. The largest absolute Gasteiger partial charge is 0.379 e. The predicted molar refractivity (Wildman–Crippen MR) is 117 cm³/mol. The number of aromatic amines is 1. The molecular formula is C22H35N5O3. The summed E-state index contributed by atoms with van der Waals surface area (Å²) in [4.78, 5) is 34.6. The molecule has 30 heavy (non-hydrogen) atoms. The van der Waals surface area contributed by atoms with E-state index in [2.05, 4.69) is 47.8 Å². The normalized spacial score (nSPS) is 29.7. The van der Waals surface area contributed by atoms with Gasteiger partial charge in [-0.05, 0) is 19.4 Å². The first kappa shape index (κ1) is 21.5. The van der Waals surface area contributed by atoms with Crippen LogP contribution in [0.5, 0.6) is 0 Å². The maximum absolute atomic E-state index is 13.4.